The van der Waals surface area contributed by atoms with Gasteiger partial charge in [0.15, 0.2) is 0 Å². The lowest BCUT2D eigenvalue weighted by atomic mass is 9.89. The van der Waals surface area contributed by atoms with Gasteiger partial charge in [0.25, 0.3) is 0 Å². The number of carbonyl (C=O) groups is 3. The standard InChI is InChI=1S/C20H28N2O5/c1-14(23)16-12-22(19(25)27-20(2,3)4)11-10-17(16)21-18(24)26-13-15-8-6-5-7-9-15/h5-9,16-17H,10-13H2,1-4H3,(H,21,24). The number of piperidine rings is 1. The molecule has 0 radical (unpaired) electrons. The summed E-state index contributed by atoms with van der Waals surface area (Å²) in [6.07, 6.45) is -0.552. The van der Waals surface area contributed by atoms with Gasteiger partial charge in [0.1, 0.15) is 18.0 Å². The predicted molar refractivity (Wildman–Crippen MR) is 100 cm³/mol. The third-order valence-corrected chi connectivity index (χ3v) is 4.30. The van der Waals surface area contributed by atoms with Crippen molar-refractivity contribution in [2.24, 2.45) is 5.92 Å². The molecule has 2 amide bonds. The molecule has 0 aromatic heterocycles. The number of likely N-dealkylation sites (tertiary alicyclic amines) is 1. The molecule has 1 aromatic rings. The summed E-state index contributed by atoms with van der Waals surface area (Å²) in [5.74, 6) is -0.577. The first-order valence-corrected chi connectivity index (χ1v) is 9.11. The highest BCUT2D eigenvalue weighted by molar-refractivity contribution is 5.81. The quantitative estimate of drug-likeness (QED) is 0.873. The second-order valence-corrected chi connectivity index (χ2v) is 7.74. The van der Waals surface area contributed by atoms with Gasteiger partial charge >= 0.3 is 12.2 Å². The van der Waals surface area contributed by atoms with Crippen molar-refractivity contribution in [3.63, 3.8) is 0 Å². The summed E-state index contributed by atoms with van der Waals surface area (Å²) in [5, 5.41) is 2.77. The van der Waals surface area contributed by atoms with Gasteiger partial charge in [-0.1, -0.05) is 30.3 Å². The molecular formula is C20H28N2O5. The summed E-state index contributed by atoms with van der Waals surface area (Å²) in [6, 6.07) is 8.99. The van der Waals surface area contributed by atoms with E-state index in [1.165, 1.54) is 11.8 Å². The lowest BCUT2D eigenvalue weighted by Crippen LogP contribution is -2.55. The van der Waals surface area contributed by atoms with E-state index in [-0.39, 0.29) is 25.0 Å². The van der Waals surface area contributed by atoms with E-state index in [0.717, 1.165) is 5.56 Å². The summed E-state index contributed by atoms with van der Waals surface area (Å²) in [5.41, 5.74) is 0.287. The van der Waals surface area contributed by atoms with Crippen LogP contribution in [0, 0.1) is 5.92 Å². The van der Waals surface area contributed by atoms with Gasteiger partial charge in [-0.2, -0.15) is 0 Å². The van der Waals surface area contributed by atoms with Crippen LogP contribution in [0.3, 0.4) is 0 Å². The van der Waals surface area contributed by atoms with Crippen molar-refractivity contribution >= 4 is 18.0 Å². The topological polar surface area (TPSA) is 84.9 Å². The number of ether oxygens (including phenoxy) is 2. The fourth-order valence-corrected chi connectivity index (χ4v) is 2.95. The Morgan fingerprint density at radius 3 is 2.44 bits per heavy atom. The Hall–Kier alpha value is -2.57. The number of benzene rings is 1. The van der Waals surface area contributed by atoms with Crippen LogP contribution < -0.4 is 5.32 Å². The molecule has 1 aliphatic rings. The Balaban J connectivity index is 1.90. The first-order chi connectivity index (χ1) is 12.7. The molecule has 1 saturated heterocycles. The van der Waals surface area contributed by atoms with Crippen molar-refractivity contribution in [2.75, 3.05) is 13.1 Å². The molecule has 2 rings (SSSR count). The molecule has 1 heterocycles. The van der Waals surface area contributed by atoms with Gasteiger partial charge in [-0.05, 0) is 39.7 Å². The number of nitrogens with one attached hydrogen (secondary N) is 1. The zero-order valence-corrected chi connectivity index (χ0v) is 16.4. The Morgan fingerprint density at radius 1 is 1.19 bits per heavy atom. The van der Waals surface area contributed by atoms with Gasteiger partial charge in [-0.3, -0.25) is 4.79 Å². The maximum atomic E-state index is 12.3. The van der Waals surface area contributed by atoms with E-state index in [9.17, 15) is 14.4 Å². The average molecular weight is 376 g/mol. The molecule has 0 bridgehead atoms. The van der Waals surface area contributed by atoms with Crippen LogP contribution >= 0.6 is 0 Å². The minimum absolute atomic E-state index is 0.0865. The molecule has 0 saturated carbocycles. The number of hydrogen-bond acceptors (Lipinski definition) is 5. The molecule has 148 valence electrons. The highest BCUT2D eigenvalue weighted by atomic mass is 16.6. The molecule has 0 spiro atoms. The van der Waals surface area contributed by atoms with E-state index in [1.54, 1.807) is 20.8 Å². The van der Waals surface area contributed by atoms with Crippen LogP contribution in [-0.2, 0) is 20.9 Å². The van der Waals surface area contributed by atoms with Crippen molar-refractivity contribution in [2.45, 2.75) is 52.4 Å². The zero-order chi connectivity index (χ0) is 20.0. The number of Topliss-reactive ketones (excluding diaryl/α,β-unsaturated/α-hetero) is 1. The number of ketones is 1. The van der Waals surface area contributed by atoms with E-state index < -0.39 is 23.7 Å². The van der Waals surface area contributed by atoms with Crippen LogP contribution in [0.1, 0.15) is 39.7 Å². The van der Waals surface area contributed by atoms with Gasteiger partial charge in [0.05, 0.1) is 5.92 Å². The zero-order valence-electron chi connectivity index (χ0n) is 16.4. The van der Waals surface area contributed by atoms with Crippen molar-refractivity contribution in [3.8, 4) is 0 Å². The van der Waals surface area contributed by atoms with Gasteiger partial charge < -0.3 is 19.7 Å². The molecule has 27 heavy (non-hydrogen) atoms. The second kappa shape index (κ2) is 8.88. The smallest absolute Gasteiger partial charge is 0.410 e. The summed E-state index contributed by atoms with van der Waals surface area (Å²) < 4.78 is 10.6. The second-order valence-electron chi connectivity index (χ2n) is 7.74. The lowest BCUT2D eigenvalue weighted by Gasteiger charge is -2.38. The van der Waals surface area contributed by atoms with Crippen LogP contribution in [-0.4, -0.2) is 47.6 Å². The summed E-state index contributed by atoms with van der Waals surface area (Å²) in [6.45, 7) is 7.64. The minimum Gasteiger partial charge on any atom is -0.445 e. The van der Waals surface area contributed by atoms with Crippen LogP contribution in [0.25, 0.3) is 0 Å². The number of amides is 2. The maximum Gasteiger partial charge on any atom is 0.410 e. The molecule has 7 nitrogen and oxygen atoms in total. The molecule has 2 unspecified atom stereocenters. The number of hydrogen-bond donors (Lipinski definition) is 1. The Bertz CT molecular complexity index is 669. The third-order valence-electron chi connectivity index (χ3n) is 4.30. The highest BCUT2D eigenvalue weighted by Gasteiger charge is 2.36. The van der Waals surface area contributed by atoms with Crippen LogP contribution in [0.5, 0.6) is 0 Å². The number of carbonyl (C=O) groups excluding carboxylic acids is 3. The summed E-state index contributed by atoms with van der Waals surface area (Å²) in [4.78, 5) is 37.9. The Kier molecular flexibility index (Phi) is 6.82. The maximum absolute atomic E-state index is 12.3. The fourth-order valence-electron chi connectivity index (χ4n) is 2.95. The van der Waals surface area contributed by atoms with Crippen molar-refractivity contribution < 1.29 is 23.9 Å². The van der Waals surface area contributed by atoms with E-state index in [4.69, 9.17) is 9.47 Å². The summed E-state index contributed by atoms with van der Waals surface area (Å²) in [7, 11) is 0. The molecule has 7 heteroatoms. The van der Waals surface area contributed by atoms with Gasteiger partial charge in [-0.15, -0.1) is 0 Å². The molecular weight excluding hydrogens is 348 g/mol. The van der Waals surface area contributed by atoms with Crippen LogP contribution in [0.15, 0.2) is 30.3 Å². The monoisotopic (exact) mass is 376 g/mol. The van der Waals surface area contributed by atoms with Crippen molar-refractivity contribution in [1.82, 2.24) is 10.2 Å². The van der Waals surface area contributed by atoms with Crippen molar-refractivity contribution in [1.29, 1.82) is 0 Å². The normalized spacial score (nSPS) is 19.9. The van der Waals surface area contributed by atoms with Crippen LogP contribution in [0.4, 0.5) is 9.59 Å². The molecule has 0 aliphatic carbocycles. The van der Waals surface area contributed by atoms with E-state index >= 15 is 0 Å². The van der Waals surface area contributed by atoms with E-state index in [1.807, 2.05) is 30.3 Å². The highest BCUT2D eigenvalue weighted by Crippen LogP contribution is 2.21. The van der Waals surface area contributed by atoms with Gasteiger partial charge in [0, 0.05) is 19.1 Å². The molecule has 1 N–H and O–H groups in total. The number of rotatable bonds is 4. The van der Waals surface area contributed by atoms with Crippen LogP contribution in [0.2, 0.25) is 0 Å². The average Bonchev–Trinajstić information content (AvgIpc) is 2.59. The molecule has 1 aliphatic heterocycles. The molecule has 2 atom stereocenters. The number of nitrogens with zero attached hydrogens (tertiary/aromatic N) is 1. The lowest BCUT2D eigenvalue weighted by molar-refractivity contribution is -0.123. The van der Waals surface area contributed by atoms with E-state index in [2.05, 4.69) is 5.32 Å². The third kappa shape index (κ3) is 6.58. The largest absolute Gasteiger partial charge is 0.445 e. The number of alkyl carbamates (subject to hydrolysis) is 1. The van der Waals surface area contributed by atoms with Gasteiger partial charge in [0.2, 0.25) is 0 Å². The van der Waals surface area contributed by atoms with Gasteiger partial charge in [-0.25, -0.2) is 9.59 Å². The predicted octanol–water partition coefficient (Wildman–Crippen LogP) is 3.13. The minimum atomic E-state index is -0.598. The fraction of sp³-hybridized carbons (Fsp3) is 0.550. The summed E-state index contributed by atoms with van der Waals surface area (Å²) >= 11 is 0. The first-order valence-electron chi connectivity index (χ1n) is 9.11. The SMILES string of the molecule is CC(=O)C1CN(C(=O)OC(C)(C)C)CCC1NC(=O)OCc1ccccc1. The Morgan fingerprint density at radius 2 is 1.85 bits per heavy atom. The molecule has 1 fully saturated rings. The molecule has 1 aromatic carbocycles. The van der Waals surface area contributed by atoms with Crippen molar-refractivity contribution in [3.05, 3.63) is 35.9 Å². The van der Waals surface area contributed by atoms with E-state index in [0.29, 0.717) is 13.0 Å². The first kappa shape index (κ1) is 20.7. The Labute approximate surface area is 160 Å².